The van der Waals surface area contributed by atoms with E-state index in [1.165, 1.54) is 0 Å². The maximum atomic E-state index is 13.2. The number of hydrogen-bond donors (Lipinski definition) is 1. The maximum absolute atomic E-state index is 13.2. The Morgan fingerprint density at radius 3 is 2.37 bits per heavy atom. The van der Waals surface area contributed by atoms with Crippen LogP contribution < -0.4 is 5.32 Å². The van der Waals surface area contributed by atoms with E-state index in [-0.39, 0.29) is 18.9 Å². The van der Waals surface area contributed by atoms with Gasteiger partial charge in [0, 0.05) is 5.92 Å². The fraction of sp³-hybridized carbons (Fsp3) is 0.476. The van der Waals surface area contributed by atoms with E-state index in [2.05, 4.69) is 5.32 Å². The third kappa shape index (κ3) is 5.22. The van der Waals surface area contributed by atoms with Crippen LogP contribution in [0, 0.1) is 11.8 Å². The summed E-state index contributed by atoms with van der Waals surface area (Å²) in [7, 11) is 1.14. The third-order valence-corrected chi connectivity index (χ3v) is 5.02. The SMILES string of the molecule is COC(=O)[C@@H]1C(C=O)CC(C=O)N1C(=O)[C@@H](NC(=O)OCc1ccccc1)C(C)C. The molecule has 0 aromatic heterocycles. The van der Waals surface area contributed by atoms with E-state index in [4.69, 9.17) is 9.47 Å². The van der Waals surface area contributed by atoms with Crippen LogP contribution >= 0.6 is 0 Å². The van der Waals surface area contributed by atoms with Crippen molar-refractivity contribution in [2.75, 3.05) is 7.11 Å². The number of esters is 1. The van der Waals surface area contributed by atoms with Gasteiger partial charge in [-0.15, -0.1) is 0 Å². The average Bonchev–Trinajstić information content (AvgIpc) is 3.14. The number of nitrogens with zero attached hydrogens (tertiary/aromatic N) is 1. The van der Waals surface area contributed by atoms with Crippen molar-refractivity contribution >= 4 is 30.5 Å². The molecule has 0 saturated carbocycles. The molecule has 1 saturated heterocycles. The normalized spacial score (nSPS) is 21.6. The predicted molar refractivity (Wildman–Crippen MR) is 105 cm³/mol. The summed E-state index contributed by atoms with van der Waals surface area (Å²) in [4.78, 5) is 61.7. The number of ether oxygens (including phenoxy) is 2. The van der Waals surface area contributed by atoms with Crippen LogP contribution in [0.5, 0.6) is 0 Å². The summed E-state index contributed by atoms with van der Waals surface area (Å²) in [5.41, 5.74) is 0.778. The molecule has 1 fully saturated rings. The van der Waals surface area contributed by atoms with Crippen molar-refractivity contribution in [3.63, 3.8) is 0 Å². The fourth-order valence-electron chi connectivity index (χ4n) is 3.46. The minimum atomic E-state index is -1.22. The molecule has 162 valence electrons. The van der Waals surface area contributed by atoms with Gasteiger partial charge in [-0.1, -0.05) is 44.2 Å². The lowest BCUT2D eigenvalue weighted by molar-refractivity contribution is -0.155. The number of amides is 2. The summed E-state index contributed by atoms with van der Waals surface area (Å²) >= 11 is 0. The van der Waals surface area contributed by atoms with Crippen molar-refractivity contribution in [1.82, 2.24) is 10.2 Å². The number of carbonyl (C=O) groups excluding carboxylic acids is 5. The van der Waals surface area contributed by atoms with Crippen molar-refractivity contribution in [1.29, 1.82) is 0 Å². The molecule has 2 rings (SSSR count). The molecule has 1 aromatic carbocycles. The number of benzene rings is 1. The number of carbonyl (C=O) groups is 5. The highest BCUT2D eigenvalue weighted by Gasteiger charge is 2.50. The highest BCUT2D eigenvalue weighted by molar-refractivity contribution is 5.94. The van der Waals surface area contributed by atoms with Crippen molar-refractivity contribution in [2.45, 2.75) is 45.0 Å². The molecule has 9 heteroatoms. The highest BCUT2D eigenvalue weighted by Crippen LogP contribution is 2.30. The van der Waals surface area contributed by atoms with E-state index < -0.39 is 42.0 Å². The lowest BCUT2D eigenvalue weighted by Crippen LogP contribution is -2.57. The summed E-state index contributed by atoms with van der Waals surface area (Å²) in [6, 6.07) is 5.77. The summed E-state index contributed by atoms with van der Waals surface area (Å²) in [5, 5.41) is 2.51. The zero-order valence-electron chi connectivity index (χ0n) is 17.1. The van der Waals surface area contributed by atoms with Gasteiger partial charge in [-0.3, -0.25) is 4.79 Å². The molecule has 2 amide bonds. The van der Waals surface area contributed by atoms with Crippen LogP contribution in [0.15, 0.2) is 30.3 Å². The Bertz CT molecular complexity index is 781. The van der Waals surface area contributed by atoms with Gasteiger partial charge in [0.2, 0.25) is 5.91 Å². The van der Waals surface area contributed by atoms with Gasteiger partial charge in [0.15, 0.2) is 0 Å². The second-order valence-electron chi connectivity index (χ2n) is 7.38. The highest BCUT2D eigenvalue weighted by atomic mass is 16.5. The molecule has 1 aromatic rings. The smallest absolute Gasteiger partial charge is 0.408 e. The van der Waals surface area contributed by atoms with E-state index in [1.54, 1.807) is 38.1 Å². The molecule has 1 N–H and O–H groups in total. The fourth-order valence-corrected chi connectivity index (χ4v) is 3.46. The molecule has 9 nitrogen and oxygen atoms in total. The molecule has 2 unspecified atom stereocenters. The molecule has 1 aliphatic rings. The Morgan fingerprint density at radius 2 is 1.83 bits per heavy atom. The minimum absolute atomic E-state index is 0.0157. The molecular formula is C21H26N2O7. The molecule has 1 aliphatic heterocycles. The molecule has 0 spiro atoms. The Kier molecular flexibility index (Phi) is 8.08. The number of nitrogens with one attached hydrogen (secondary N) is 1. The maximum Gasteiger partial charge on any atom is 0.408 e. The van der Waals surface area contributed by atoms with Gasteiger partial charge in [0.05, 0.1) is 13.2 Å². The van der Waals surface area contributed by atoms with Crippen molar-refractivity contribution < 1.29 is 33.4 Å². The number of methoxy groups -OCH3 is 1. The first kappa shape index (κ1) is 23.1. The molecule has 4 atom stereocenters. The van der Waals surface area contributed by atoms with Gasteiger partial charge in [-0.05, 0) is 17.9 Å². The van der Waals surface area contributed by atoms with Crippen molar-refractivity contribution in [3.8, 4) is 0 Å². The van der Waals surface area contributed by atoms with Crippen LogP contribution in [0.25, 0.3) is 0 Å². The van der Waals surface area contributed by atoms with Crippen LogP contribution in [0.1, 0.15) is 25.8 Å². The number of rotatable bonds is 8. The standard InChI is InChI=1S/C21H26N2O7/c1-13(2)17(22-21(28)30-12-14-7-5-4-6-8-14)19(26)23-16(11-25)9-15(10-24)18(23)20(27)29-3/h4-8,10-11,13,15-18H,9,12H2,1-3H3,(H,22,28)/t15?,16?,17-,18-/m0/s1. The Hall–Kier alpha value is -3.23. The van der Waals surface area contributed by atoms with Crippen LogP contribution in [-0.2, 0) is 35.3 Å². The number of likely N-dealkylation sites (tertiary alicyclic amines) is 1. The Labute approximate surface area is 174 Å². The second kappa shape index (κ2) is 10.5. The molecule has 0 radical (unpaired) electrons. The van der Waals surface area contributed by atoms with E-state index in [0.717, 1.165) is 17.6 Å². The molecule has 30 heavy (non-hydrogen) atoms. The summed E-state index contributed by atoms with van der Waals surface area (Å²) in [5.74, 6) is -2.69. The van der Waals surface area contributed by atoms with Gasteiger partial charge in [0.1, 0.15) is 31.3 Å². The molecular weight excluding hydrogens is 392 g/mol. The monoisotopic (exact) mass is 418 g/mol. The quantitative estimate of drug-likeness (QED) is 0.496. The van der Waals surface area contributed by atoms with Crippen LogP contribution in [0.3, 0.4) is 0 Å². The number of hydrogen-bond acceptors (Lipinski definition) is 7. The first-order chi connectivity index (χ1) is 14.3. The van der Waals surface area contributed by atoms with Crippen LogP contribution in [0.2, 0.25) is 0 Å². The minimum Gasteiger partial charge on any atom is -0.467 e. The summed E-state index contributed by atoms with van der Waals surface area (Å²) < 4.78 is 9.90. The van der Waals surface area contributed by atoms with Gasteiger partial charge in [-0.25, -0.2) is 9.59 Å². The molecule has 0 aliphatic carbocycles. The van der Waals surface area contributed by atoms with Gasteiger partial charge in [-0.2, -0.15) is 0 Å². The van der Waals surface area contributed by atoms with Gasteiger partial charge in [0.25, 0.3) is 0 Å². The number of aldehydes is 2. The van der Waals surface area contributed by atoms with Crippen molar-refractivity contribution in [2.24, 2.45) is 11.8 Å². The predicted octanol–water partition coefficient (Wildman–Crippen LogP) is 1.09. The lowest BCUT2D eigenvalue weighted by atomic mass is 10.00. The largest absolute Gasteiger partial charge is 0.467 e. The van der Waals surface area contributed by atoms with Gasteiger partial charge >= 0.3 is 12.1 Å². The third-order valence-electron chi connectivity index (χ3n) is 5.02. The summed E-state index contributed by atoms with van der Waals surface area (Å²) in [6.45, 7) is 3.43. The zero-order chi connectivity index (χ0) is 22.3. The molecule has 0 bridgehead atoms. The summed E-state index contributed by atoms with van der Waals surface area (Å²) in [6.07, 6.45) is 0.260. The zero-order valence-corrected chi connectivity index (χ0v) is 17.1. The molecule has 1 heterocycles. The van der Waals surface area contributed by atoms with Crippen LogP contribution in [0.4, 0.5) is 4.79 Å². The van der Waals surface area contributed by atoms with Gasteiger partial charge < -0.3 is 29.3 Å². The van der Waals surface area contributed by atoms with E-state index >= 15 is 0 Å². The average molecular weight is 418 g/mol. The van der Waals surface area contributed by atoms with Crippen molar-refractivity contribution in [3.05, 3.63) is 35.9 Å². The Balaban J connectivity index is 2.17. The first-order valence-electron chi connectivity index (χ1n) is 9.61. The first-order valence-corrected chi connectivity index (χ1v) is 9.61. The van der Waals surface area contributed by atoms with E-state index in [1.807, 2.05) is 6.07 Å². The number of alkyl carbamates (subject to hydrolysis) is 1. The van der Waals surface area contributed by atoms with E-state index in [0.29, 0.717) is 12.6 Å². The van der Waals surface area contributed by atoms with Crippen LogP contribution in [-0.4, -0.2) is 60.7 Å². The topological polar surface area (TPSA) is 119 Å². The van der Waals surface area contributed by atoms with E-state index in [9.17, 15) is 24.0 Å². The Morgan fingerprint density at radius 1 is 1.17 bits per heavy atom. The second-order valence-corrected chi connectivity index (χ2v) is 7.38. The lowest BCUT2D eigenvalue weighted by Gasteiger charge is -2.32.